The lowest BCUT2D eigenvalue weighted by atomic mass is 10.00. The van der Waals surface area contributed by atoms with Crippen LogP contribution in [0.4, 0.5) is 4.39 Å². The van der Waals surface area contributed by atoms with E-state index in [2.05, 4.69) is 5.32 Å². The van der Waals surface area contributed by atoms with Gasteiger partial charge in [-0.3, -0.25) is 0 Å². The van der Waals surface area contributed by atoms with Gasteiger partial charge in [0.2, 0.25) is 0 Å². The zero-order chi connectivity index (χ0) is 13.8. The Morgan fingerprint density at radius 1 is 1.05 bits per heavy atom. The second kappa shape index (κ2) is 6.16. The molecule has 1 heterocycles. The van der Waals surface area contributed by atoms with Crippen LogP contribution in [0, 0.1) is 5.82 Å². The third-order valence-corrected chi connectivity index (χ3v) is 3.67. The van der Waals surface area contributed by atoms with E-state index in [1.807, 2.05) is 36.4 Å². The predicted molar refractivity (Wildman–Crippen MR) is 77.9 cm³/mol. The average Bonchev–Trinajstić information content (AvgIpc) is 2.99. The first-order chi connectivity index (χ1) is 9.84. The van der Waals surface area contributed by atoms with Crippen LogP contribution in [-0.2, 0) is 11.3 Å². The smallest absolute Gasteiger partial charge is 0.131 e. The van der Waals surface area contributed by atoms with E-state index in [1.165, 1.54) is 6.07 Å². The van der Waals surface area contributed by atoms with Gasteiger partial charge in [0.05, 0.1) is 12.7 Å². The van der Waals surface area contributed by atoms with E-state index in [0.29, 0.717) is 12.2 Å². The fourth-order valence-electron chi connectivity index (χ4n) is 2.57. The van der Waals surface area contributed by atoms with Gasteiger partial charge in [0.15, 0.2) is 0 Å². The summed E-state index contributed by atoms with van der Waals surface area (Å²) in [6, 6.07) is 14.7. The highest BCUT2D eigenvalue weighted by Crippen LogP contribution is 2.27. The highest BCUT2D eigenvalue weighted by atomic mass is 19.1. The predicted octanol–water partition coefficient (Wildman–Crippen LogP) is 3.37. The van der Waals surface area contributed by atoms with E-state index < -0.39 is 0 Å². The molecule has 0 bridgehead atoms. The van der Waals surface area contributed by atoms with Crippen LogP contribution in [0.2, 0.25) is 0 Å². The Labute approximate surface area is 118 Å². The molecule has 2 aromatic carbocycles. The first-order valence-corrected chi connectivity index (χ1v) is 7.00. The first kappa shape index (κ1) is 13.3. The number of benzene rings is 2. The Bertz CT molecular complexity index is 579. The van der Waals surface area contributed by atoms with Crippen molar-refractivity contribution >= 4 is 0 Å². The summed E-state index contributed by atoms with van der Waals surface area (Å²) in [4.78, 5) is 0. The van der Waals surface area contributed by atoms with E-state index in [0.717, 1.165) is 30.6 Å². The summed E-state index contributed by atoms with van der Waals surface area (Å²) in [5.41, 5.74) is 2.58. The summed E-state index contributed by atoms with van der Waals surface area (Å²) in [5, 5.41) is 3.28. The molecule has 0 spiro atoms. The molecule has 1 atom stereocenters. The summed E-state index contributed by atoms with van der Waals surface area (Å²) in [5.74, 6) is -0.192. The third kappa shape index (κ3) is 2.89. The Morgan fingerprint density at radius 3 is 2.55 bits per heavy atom. The van der Waals surface area contributed by atoms with Crippen molar-refractivity contribution in [2.75, 3.05) is 13.1 Å². The van der Waals surface area contributed by atoms with Crippen molar-refractivity contribution in [2.24, 2.45) is 0 Å². The van der Waals surface area contributed by atoms with Gasteiger partial charge >= 0.3 is 0 Å². The van der Waals surface area contributed by atoms with Gasteiger partial charge in [0.1, 0.15) is 5.82 Å². The van der Waals surface area contributed by atoms with Crippen LogP contribution in [-0.4, -0.2) is 19.2 Å². The van der Waals surface area contributed by atoms with Gasteiger partial charge in [0, 0.05) is 12.1 Å². The zero-order valence-corrected chi connectivity index (χ0v) is 11.3. The van der Waals surface area contributed by atoms with E-state index >= 15 is 0 Å². The molecule has 0 saturated carbocycles. The minimum atomic E-state index is -0.192. The molecular formula is C17H18FNO. The SMILES string of the molecule is Fc1ccccc1-c1ccccc1COC1CCNC1. The minimum Gasteiger partial charge on any atom is -0.372 e. The topological polar surface area (TPSA) is 21.3 Å². The molecule has 0 aromatic heterocycles. The molecule has 1 aliphatic heterocycles. The first-order valence-electron chi connectivity index (χ1n) is 7.00. The Balaban J connectivity index is 1.82. The zero-order valence-electron chi connectivity index (χ0n) is 11.3. The van der Waals surface area contributed by atoms with Crippen molar-refractivity contribution in [3.8, 4) is 11.1 Å². The molecule has 3 heteroatoms. The fourth-order valence-corrected chi connectivity index (χ4v) is 2.57. The highest BCUT2D eigenvalue weighted by Gasteiger charge is 2.16. The number of hydrogen-bond donors (Lipinski definition) is 1. The summed E-state index contributed by atoms with van der Waals surface area (Å²) >= 11 is 0. The largest absolute Gasteiger partial charge is 0.372 e. The molecule has 2 nitrogen and oxygen atoms in total. The van der Waals surface area contributed by atoms with Crippen molar-refractivity contribution < 1.29 is 9.13 Å². The Hall–Kier alpha value is -1.71. The fraction of sp³-hybridized carbons (Fsp3) is 0.294. The highest BCUT2D eigenvalue weighted by molar-refractivity contribution is 5.67. The van der Waals surface area contributed by atoms with Gasteiger partial charge in [-0.25, -0.2) is 4.39 Å². The van der Waals surface area contributed by atoms with Gasteiger partial charge in [-0.1, -0.05) is 42.5 Å². The number of nitrogens with one attached hydrogen (secondary N) is 1. The third-order valence-electron chi connectivity index (χ3n) is 3.67. The minimum absolute atomic E-state index is 0.192. The monoisotopic (exact) mass is 271 g/mol. The van der Waals surface area contributed by atoms with Crippen LogP contribution in [0.25, 0.3) is 11.1 Å². The van der Waals surface area contributed by atoms with Gasteiger partial charge in [0.25, 0.3) is 0 Å². The molecule has 0 amide bonds. The van der Waals surface area contributed by atoms with Crippen molar-refractivity contribution in [2.45, 2.75) is 19.1 Å². The van der Waals surface area contributed by atoms with Gasteiger partial charge in [-0.15, -0.1) is 0 Å². The molecular weight excluding hydrogens is 253 g/mol. The molecule has 1 saturated heterocycles. The lowest BCUT2D eigenvalue weighted by molar-refractivity contribution is 0.0545. The van der Waals surface area contributed by atoms with E-state index in [-0.39, 0.29) is 11.9 Å². The van der Waals surface area contributed by atoms with Crippen LogP contribution < -0.4 is 5.32 Å². The molecule has 104 valence electrons. The van der Waals surface area contributed by atoms with Gasteiger partial charge < -0.3 is 10.1 Å². The van der Waals surface area contributed by atoms with Crippen LogP contribution >= 0.6 is 0 Å². The van der Waals surface area contributed by atoms with Gasteiger partial charge in [-0.05, 0) is 30.2 Å². The average molecular weight is 271 g/mol. The van der Waals surface area contributed by atoms with Crippen molar-refractivity contribution in [1.29, 1.82) is 0 Å². The lowest BCUT2D eigenvalue weighted by Crippen LogP contribution is -2.16. The maximum atomic E-state index is 13.9. The van der Waals surface area contributed by atoms with E-state index in [4.69, 9.17) is 4.74 Å². The van der Waals surface area contributed by atoms with Gasteiger partial charge in [-0.2, -0.15) is 0 Å². The number of hydrogen-bond acceptors (Lipinski definition) is 2. The van der Waals surface area contributed by atoms with Crippen LogP contribution in [0.3, 0.4) is 0 Å². The van der Waals surface area contributed by atoms with Crippen molar-refractivity contribution in [3.63, 3.8) is 0 Å². The van der Waals surface area contributed by atoms with Crippen LogP contribution in [0.5, 0.6) is 0 Å². The molecule has 1 fully saturated rings. The Morgan fingerprint density at radius 2 is 1.80 bits per heavy atom. The number of ether oxygens (including phenoxy) is 1. The summed E-state index contributed by atoms with van der Waals surface area (Å²) in [6.45, 7) is 2.44. The quantitative estimate of drug-likeness (QED) is 0.920. The number of halogens is 1. The van der Waals surface area contributed by atoms with E-state index in [9.17, 15) is 4.39 Å². The molecule has 1 aliphatic rings. The van der Waals surface area contributed by atoms with Crippen LogP contribution in [0.15, 0.2) is 48.5 Å². The van der Waals surface area contributed by atoms with Crippen molar-refractivity contribution in [3.05, 3.63) is 59.9 Å². The molecule has 1 N–H and O–H groups in total. The molecule has 2 aromatic rings. The Kier molecular flexibility index (Phi) is 4.09. The maximum Gasteiger partial charge on any atom is 0.131 e. The summed E-state index contributed by atoms with van der Waals surface area (Å²) in [6.07, 6.45) is 1.31. The number of rotatable bonds is 4. The standard InChI is InChI=1S/C17H18FNO/c18-17-8-4-3-7-16(17)15-6-2-1-5-13(15)12-20-14-9-10-19-11-14/h1-8,14,19H,9-12H2. The maximum absolute atomic E-state index is 13.9. The molecule has 0 radical (unpaired) electrons. The van der Waals surface area contributed by atoms with Crippen molar-refractivity contribution in [1.82, 2.24) is 5.32 Å². The molecule has 20 heavy (non-hydrogen) atoms. The summed E-state index contributed by atoms with van der Waals surface area (Å²) in [7, 11) is 0. The summed E-state index contributed by atoms with van der Waals surface area (Å²) < 4.78 is 19.9. The molecule has 3 rings (SSSR count). The van der Waals surface area contributed by atoms with E-state index in [1.54, 1.807) is 6.07 Å². The second-order valence-electron chi connectivity index (χ2n) is 5.06. The lowest BCUT2D eigenvalue weighted by Gasteiger charge is -2.14. The molecule has 0 aliphatic carbocycles. The van der Waals surface area contributed by atoms with Crippen LogP contribution in [0.1, 0.15) is 12.0 Å². The normalized spacial score (nSPS) is 18.4. The second-order valence-corrected chi connectivity index (χ2v) is 5.06. The molecule has 1 unspecified atom stereocenters.